The molecule has 1 fully saturated rings. The number of hydrogen-bond donors (Lipinski definition) is 0. The molecule has 0 saturated carbocycles. The van der Waals surface area contributed by atoms with Gasteiger partial charge in [0.05, 0.1) is 22.6 Å². The molecule has 0 spiro atoms. The zero-order valence-electron chi connectivity index (χ0n) is 15.0. The number of rotatable bonds is 4. The molecule has 1 aromatic heterocycles. The minimum absolute atomic E-state index is 0.0334. The molecule has 1 aliphatic heterocycles. The molecule has 1 saturated heterocycles. The SMILES string of the molecule is Cc1ccc(C)n1-c1cc([N+](=O)[O-])ccc1N1CCN(S(C)(=O)=O)CC1. The summed E-state index contributed by atoms with van der Waals surface area (Å²) in [5.41, 5.74) is 3.61. The fourth-order valence-electron chi connectivity index (χ4n) is 3.38. The van der Waals surface area contributed by atoms with Crippen LogP contribution >= 0.6 is 0 Å². The van der Waals surface area contributed by atoms with E-state index in [1.807, 2.05) is 30.5 Å². The number of anilines is 1. The second-order valence-corrected chi connectivity index (χ2v) is 8.51. The Balaban J connectivity index is 2.02. The molecule has 0 amide bonds. The van der Waals surface area contributed by atoms with E-state index in [0.29, 0.717) is 26.2 Å². The number of aromatic nitrogens is 1. The summed E-state index contributed by atoms with van der Waals surface area (Å²) >= 11 is 0. The Morgan fingerprint density at radius 1 is 0.962 bits per heavy atom. The van der Waals surface area contributed by atoms with Gasteiger partial charge in [-0.3, -0.25) is 10.1 Å². The number of aryl methyl sites for hydroxylation is 2. The van der Waals surface area contributed by atoms with Crippen LogP contribution in [0.2, 0.25) is 0 Å². The van der Waals surface area contributed by atoms with Crippen molar-refractivity contribution in [2.45, 2.75) is 13.8 Å². The van der Waals surface area contributed by atoms with Crippen LogP contribution in [0.3, 0.4) is 0 Å². The van der Waals surface area contributed by atoms with E-state index in [4.69, 9.17) is 0 Å². The summed E-state index contributed by atoms with van der Waals surface area (Å²) < 4.78 is 26.9. The third-order valence-corrected chi connectivity index (χ3v) is 6.03. The molecule has 0 bridgehead atoms. The molecule has 9 heteroatoms. The molecule has 1 aliphatic rings. The normalized spacial score (nSPS) is 16.0. The zero-order valence-corrected chi connectivity index (χ0v) is 15.9. The van der Waals surface area contributed by atoms with Gasteiger partial charge in [0.15, 0.2) is 0 Å². The maximum Gasteiger partial charge on any atom is 0.271 e. The van der Waals surface area contributed by atoms with Crippen LogP contribution in [0.25, 0.3) is 5.69 Å². The van der Waals surface area contributed by atoms with Crippen LogP contribution in [0.5, 0.6) is 0 Å². The summed E-state index contributed by atoms with van der Waals surface area (Å²) in [6, 6.07) is 8.77. The molecular formula is C17H22N4O4S. The Bertz CT molecular complexity index is 924. The van der Waals surface area contributed by atoms with Gasteiger partial charge in [-0.1, -0.05) is 0 Å². The molecule has 140 valence electrons. The summed E-state index contributed by atoms with van der Waals surface area (Å²) in [6.45, 7) is 5.79. The molecule has 0 atom stereocenters. The van der Waals surface area contributed by atoms with Crippen molar-refractivity contribution in [3.8, 4) is 5.69 Å². The first kappa shape index (κ1) is 18.4. The number of nitrogens with zero attached hydrogens (tertiary/aromatic N) is 4. The average Bonchev–Trinajstić information content (AvgIpc) is 2.92. The number of sulfonamides is 1. The van der Waals surface area contributed by atoms with Crippen molar-refractivity contribution in [1.29, 1.82) is 0 Å². The van der Waals surface area contributed by atoms with Crippen molar-refractivity contribution in [3.05, 3.63) is 51.8 Å². The predicted octanol–water partition coefficient (Wildman–Crippen LogP) is 2.08. The third kappa shape index (κ3) is 3.45. The molecule has 2 aromatic rings. The molecule has 26 heavy (non-hydrogen) atoms. The molecule has 0 N–H and O–H groups in total. The molecule has 8 nitrogen and oxygen atoms in total. The van der Waals surface area contributed by atoms with Crippen molar-refractivity contribution < 1.29 is 13.3 Å². The van der Waals surface area contributed by atoms with Crippen molar-refractivity contribution in [2.75, 3.05) is 37.3 Å². The molecule has 0 aliphatic carbocycles. The maximum atomic E-state index is 11.7. The zero-order chi connectivity index (χ0) is 19.1. The number of benzene rings is 1. The standard InChI is InChI=1S/C17H22N4O4S/c1-13-4-5-14(2)20(13)17-12-15(21(22)23)6-7-16(17)18-8-10-19(11-9-18)26(3,24)25/h4-7,12H,8-11H2,1-3H3. The summed E-state index contributed by atoms with van der Waals surface area (Å²) in [4.78, 5) is 12.9. The van der Waals surface area contributed by atoms with Crippen LogP contribution in [-0.2, 0) is 10.0 Å². The predicted molar refractivity (Wildman–Crippen MR) is 101 cm³/mol. The molecule has 0 unspecified atom stereocenters. The van der Waals surface area contributed by atoms with Crippen LogP contribution in [0, 0.1) is 24.0 Å². The quantitative estimate of drug-likeness (QED) is 0.600. The first-order chi connectivity index (χ1) is 12.2. The van der Waals surface area contributed by atoms with E-state index in [1.54, 1.807) is 12.1 Å². The minimum atomic E-state index is -3.20. The highest BCUT2D eigenvalue weighted by Crippen LogP contribution is 2.32. The van der Waals surface area contributed by atoms with Crippen LogP contribution in [-0.4, -0.2) is 54.6 Å². The van der Waals surface area contributed by atoms with E-state index in [0.717, 1.165) is 22.8 Å². The Morgan fingerprint density at radius 3 is 2.04 bits per heavy atom. The van der Waals surface area contributed by atoms with E-state index in [2.05, 4.69) is 4.90 Å². The largest absolute Gasteiger partial charge is 0.367 e. The van der Waals surface area contributed by atoms with Gasteiger partial charge in [-0.25, -0.2) is 8.42 Å². The van der Waals surface area contributed by atoms with Crippen molar-refractivity contribution in [1.82, 2.24) is 8.87 Å². The van der Waals surface area contributed by atoms with Gasteiger partial charge < -0.3 is 9.47 Å². The number of hydrogen-bond acceptors (Lipinski definition) is 5. The average molecular weight is 378 g/mol. The lowest BCUT2D eigenvalue weighted by Crippen LogP contribution is -2.48. The van der Waals surface area contributed by atoms with Crippen LogP contribution in [0.1, 0.15) is 11.4 Å². The molecule has 0 radical (unpaired) electrons. The van der Waals surface area contributed by atoms with E-state index >= 15 is 0 Å². The molecule has 3 rings (SSSR count). The summed E-state index contributed by atoms with van der Waals surface area (Å²) in [5.74, 6) is 0. The maximum absolute atomic E-state index is 11.7. The topological polar surface area (TPSA) is 88.7 Å². The minimum Gasteiger partial charge on any atom is -0.367 e. The highest BCUT2D eigenvalue weighted by atomic mass is 32.2. The molecular weight excluding hydrogens is 356 g/mol. The van der Waals surface area contributed by atoms with Crippen molar-refractivity contribution in [2.24, 2.45) is 0 Å². The van der Waals surface area contributed by atoms with E-state index < -0.39 is 14.9 Å². The molecule has 2 heterocycles. The first-order valence-electron chi connectivity index (χ1n) is 8.32. The number of nitro benzene ring substituents is 1. The van der Waals surface area contributed by atoms with E-state index in [-0.39, 0.29) is 5.69 Å². The Morgan fingerprint density at radius 2 is 1.54 bits per heavy atom. The lowest BCUT2D eigenvalue weighted by atomic mass is 10.2. The summed E-state index contributed by atoms with van der Waals surface area (Å²) in [7, 11) is -3.20. The fourth-order valence-corrected chi connectivity index (χ4v) is 4.21. The van der Waals surface area contributed by atoms with E-state index in [9.17, 15) is 18.5 Å². The Kier molecular flexibility index (Phi) is 4.76. The lowest BCUT2D eigenvalue weighted by molar-refractivity contribution is -0.384. The first-order valence-corrected chi connectivity index (χ1v) is 10.2. The van der Waals surface area contributed by atoms with Gasteiger partial charge in [0.2, 0.25) is 10.0 Å². The van der Waals surface area contributed by atoms with Gasteiger partial charge in [-0.2, -0.15) is 4.31 Å². The molecule has 1 aromatic carbocycles. The highest BCUT2D eigenvalue weighted by molar-refractivity contribution is 7.88. The second kappa shape index (κ2) is 6.73. The van der Waals surface area contributed by atoms with Crippen LogP contribution < -0.4 is 4.90 Å². The van der Waals surface area contributed by atoms with Gasteiger partial charge in [-0.15, -0.1) is 0 Å². The van der Waals surface area contributed by atoms with Crippen molar-refractivity contribution >= 4 is 21.4 Å². The van der Waals surface area contributed by atoms with Crippen LogP contribution in [0.15, 0.2) is 30.3 Å². The van der Waals surface area contributed by atoms with Gasteiger partial charge in [0.1, 0.15) is 0 Å². The van der Waals surface area contributed by atoms with Crippen molar-refractivity contribution in [3.63, 3.8) is 0 Å². The Labute approximate surface area is 152 Å². The summed E-state index contributed by atoms with van der Waals surface area (Å²) in [6.07, 6.45) is 1.21. The fraction of sp³-hybridized carbons (Fsp3) is 0.412. The monoisotopic (exact) mass is 378 g/mol. The number of piperazine rings is 1. The van der Waals surface area contributed by atoms with Gasteiger partial charge in [0, 0.05) is 49.7 Å². The highest BCUT2D eigenvalue weighted by Gasteiger charge is 2.26. The van der Waals surface area contributed by atoms with Gasteiger partial charge in [-0.05, 0) is 32.0 Å². The Hall–Kier alpha value is -2.39. The lowest BCUT2D eigenvalue weighted by Gasteiger charge is -2.36. The van der Waals surface area contributed by atoms with Crippen LogP contribution in [0.4, 0.5) is 11.4 Å². The number of non-ortho nitro benzene ring substituents is 1. The smallest absolute Gasteiger partial charge is 0.271 e. The summed E-state index contributed by atoms with van der Waals surface area (Å²) in [5, 5.41) is 11.2. The third-order valence-electron chi connectivity index (χ3n) is 4.73. The van der Waals surface area contributed by atoms with E-state index in [1.165, 1.54) is 16.6 Å². The number of nitro groups is 1. The van der Waals surface area contributed by atoms with Gasteiger partial charge >= 0.3 is 0 Å². The van der Waals surface area contributed by atoms with Gasteiger partial charge in [0.25, 0.3) is 5.69 Å². The second-order valence-electron chi connectivity index (χ2n) is 6.53.